The van der Waals surface area contributed by atoms with Gasteiger partial charge in [0.1, 0.15) is 11.5 Å². The Morgan fingerprint density at radius 1 is 1.25 bits per heavy atom. The maximum Gasteiger partial charge on any atom is 0.234 e. The number of thioether (sulfide) groups is 1. The normalized spacial score (nSPS) is 11.1. The summed E-state index contributed by atoms with van der Waals surface area (Å²) in [7, 11) is 3.03. The van der Waals surface area contributed by atoms with E-state index in [-0.39, 0.29) is 11.7 Å². The second-order valence-corrected chi connectivity index (χ2v) is 7.14. The van der Waals surface area contributed by atoms with Crippen molar-refractivity contribution >= 4 is 51.8 Å². The van der Waals surface area contributed by atoms with Crippen molar-refractivity contribution in [3.63, 3.8) is 0 Å². The first-order valence-electron chi connectivity index (χ1n) is 8.26. The van der Waals surface area contributed by atoms with E-state index in [2.05, 4.69) is 20.5 Å². The third-order valence-electron chi connectivity index (χ3n) is 4.08. The Morgan fingerprint density at radius 2 is 2.04 bits per heavy atom. The van der Waals surface area contributed by atoms with Crippen LogP contribution >= 0.6 is 23.4 Å². The molecule has 0 unspecified atom stereocenters. The van der Waals surface area contributed by atoms with Crippen LogP contribution in [0.5, 0.6) is 11.5 Å². The van der Waals surface area contributed by atoms with Gasteiger partial charge in [0, 0.05) is 6.07 Å². The van der Waals surface area contributed by atoms with Crippen LogP contribution in [0.1, 0.15) is 0 Å². The van der Waals surface area contributed by atoms with Gasteiger partial charge in [-0.3, -0.25) is 9.20 Å². The Bertz CT molecular complexity index is 1170. The van der Waals surface area contributed by atoms with Crippen LogP contribution < -0.4 is 14.8 Å². The standard InChI is InChI=1S/C18H16ClN5O3S/c1-26-14-8-15(27-2)12(7-10(14)19)20-16(25)9-28-18-23-22-17-21-11-5-3-4-6-13(11)24(17)18/h3-8H,9H2,1-2H3,(H,20,25)(H,21,22). The lowest BCUT2D eigenvalue weighted by atomic mass is 10.2. The number of anilines is 1. The summed E-state index contributed by atoms with van der Waals surface area (Å²) in [4.78, 5) is 16.9. The minimum absolute atomic E-state index is 0.152. The van der Waals surface area contributed by atoms with Crippen LogP contribution in [0, 0.1) is 0 Å². The van der Waals surface area contributed by atoms with E-state index in [1.807, 2.05) is 28.7 Å². The molecule has 144 valence electrons. The van der Waals surface area contributed by atoms with E-state index in [9.17, 15) is 4.79 Å². The Hall–Kier alpha value is -2.91. The lowest BCUT2D eigenvalue weighted by Gasteiger charge is -2.12. The van der Waals surface area contributed by atoms with Crippen molar-refractivity contribution in [2.45, 2.75) is 5.16 Å². The van der Waals surface area contributed by atoms with Crippen molar-refractivity contribution in [1.29, 1.82) is 0 Å². The first-order chi connectivity index (χ1) is 13.6. The first-order valence-corrected chi connectivity index (χ1v) is 9.63. The van der Waals surface area contributed by atoms with Gasteiger partial charge in [-0.15, -0.1) is 5.10 Å². The molecule has 0 aliphatic rings. The molecule has 2 N–H and O–H groups in total. The molecule has 28 heavy (non-hydrogen) atoms. The third-order valence-corrected chi connectivity index (χ3v) is 5.32. The summed E-state index contributed by atoms with van der Waals surface area (Å²) >= 11 is 7.45. The number of aromatic amines is 1. The number of carbonyl (C=O) groups excluding carboxylic acids is 1. The molecule has 0 aliphatic heterocycles. The molecule has 1 amide bonds. The van der Waals surface area contributed by atoms with Gasteiger partial charge >= 0.3 is 0 Å². The lowest BCUT2D eigenvalue weighted by molar-refractivity contribution is -0.113. The number of rotatable bonds is 6. The summed E-state index contributed by atoms with van der Waals surface area (Å²) in [6.07, 6.45) is 0. The van der Waals surface area contributed by atoms with E-state index in [4.69, 9.17) is 21.1 Å². The summed E-state index contributed by atoms with van der Waals surface area (Å²) in [6.45, 7) is 0. The molecule has 8 nitrogen and oxygen atoms in total. The van der Waals surface area contributed by atoms with Gasteiger partial charge in [-0.2, -0.15) is 0 Å². The number of fused-ring (bicyclic) bond motifs is 3. The predicted molar refractivity (Wildman–Crippen MR) is 109 cm³/mol. The van der Waals surface area contributed by atoms with Crippen LogP contribution in [0.3, 0.4) is 0 Å². The number of hydrogen-bond donors (Lipinski definition) is 2. The summed E-state index contributed by atoms with van der Waals surface area (Å²) in [6, 6.07) is 11.0. The van der Waals surface area contributed by atoms with Gasteiger partial charge in [0.25, 0.3) is 0 Å². The molecule has 0 atom stereocenters. The molecule has 0 saturated carbocycles. The number of H-pyrrole nitrogens is 1. The molecule has 2 aromatic heterocycles. The SMILES string of the molecule is COc1cc(OC)c(NC(=O)CSc2n[nH]c3nc4ccccc4n23)cc1Cl. The van der Waals surface area contributed by atoms with Crippen LogP contribution in [0.4, 0.5) is 5.69 Å². The molecule has 0 spiro atoms. The van der Waals surface area contributed by atoms with E-state index < -0.39 is 0 Å². The minimum atomic E-state index is -0.217. The molecule has 0 saturated heterocycles. The second-order valence-electron chi connectivity index (χ2n) is 5.79. The zero-order valence-electron chi connectivity index (χ0n) is 15.0. The van der Waals surface area contributed by atoms with Gasteiger partial charge in [-0.25, -0.2) is 10.1 Å². The van der Waals surface area contributed by atoms with Crippen molar-refractivity contribution in [2.24, 2.45) is 0 Å². The molecule has 0 bridgehead atoms. The molecule has 4 rings (SSSR count). The van der Waals surface area contributed by atoms with Crippen molar-refractivity contribution < 1.29 is 14.3 Å². The quantitative estimate of drug-likeness (QED) is 0.465. The highest BCUT2D eigenvalue weighted by molar-refractivity contribution is 7.99. The van der Waals surface area contributed by atoms with E-state index in [0.717, 1.165) is 11.0 Å². The zero-order valence-corrected chi connectivity index (χ0v) is 16.6. The van der Waals surface area contributed by atoms with Gasteiger partial charge < -0.3 is 14.8 Å². The molecule has 0 fully saturated rings. The number of hydrogen-bond acceptors (Lipinski definition) is 6. The summed E-state index contributed by atoms with van der Waals surface area (Å²) in [5.74, 6) is 1.50. The number of nitrogens with one attached hydrogen (secondary N) is 2. The summed E-state index contributed by atoms with van der Waals surface area (Å²) in [5.41, 5.74) is 2.26. The summed E-state index contributed by atoms with van der Waals surface area (Å²) in [5, 5.41) is 11.0. The smallest absolute Gasteiger partial charge is 0.234 e. The largest absolute Gasteiger partial charge is 0.495 e. The highest BCUT2D eigenvalue weighted by Gasteiger charge is 2.16. The van der Waals surface area contributed by atoms with Gasteiger partial charge in [0.15, 0.2) is 5.16 Å². The van der Waals surface area contributed by atoms with Crippen molar-refractivity contribution in [3.05, 3.63) is 41.4 Å². The minimum Gasteiger partial charge on any atom is -0.495 e. The monoisotopic (exact) mass is 417 g/mol. The number of amides is 1. The average molecular weight is 418 g/mol. The molecule has 2 heterocycles. The fourth-order valence-corrected chi connectivity index (χ4v) is 3.81. The highest BCUT2D eigenvalue weighted by atomic mass is 35.5. The zero-order chi connectivity index (χ0) is 19.7. The van der Waals surface area contributed by atoms with Crippen LogP contribution in [0.15, 0.2) is 41.6 Å². The van der Waals surface area contributed by atoms with Gasteiger partial charge in [-0.1, -0.05) is 35.5 Å². The van der Waals surface area contributed by atoms with Gasteiger partial charge in [0.05, 0.1) is 41.7 Å². The van der Waals surface area contributed by atoms with Crippen LogP contribution in [0.25, 0.3) is 16.8 Å². The number of imidazole rings is 1. The molecule has 0 aliphatic carbocycles. The number of ether oxygens (including phenoxy) is 2. The fourth-order valence-electron chi connectivity index (χ4n) is 2.81. The summed E-state index contributed by atoms with van der Waals surface area (Å²) < 4.78 is 12.3. The predicted octanol–water partition coefficient (Wildman–Crippen LogP) is 3.61. The molecular formula is C18H16ClN5O3S. The molecule has 4 aromatic rings. The number of nitrogens with zero attached hydrogens (tertiary/aromatic N) is 3. The van der Waals surface area contributed by atoms with Gasteiger partial charge in [-0.05, 0) is 18.2 Å². The van der Waals surface area contributed by atoms with Crippen molar-refractivity contribution in [3.8, 4) is 11.5 Å². The fraction of sp³-hybridized carbons (Fsp3) is 0.167. The van der Waals surface area contributed by atoms with E-state index in [1.165, 1.54) is 26.0 Å². The number of methoxy groups -OCH3 is 2. The Morgan fingerprint density at radius 3 is 2.82 bits per heavy atom. The highest BCUT2D eigenvalue weighted by Crippen LogP contribution is 2.36. The number of para-hydroxylation sites is 2. The Kier molecular flexibility index (Phi) is 5.01. The number of carbonyl (C=O) groups is 1. The van der Waals surface area contributed by atoms with E-state index in [1.54, 1.807) is 12.1 Å². The third kappa shape index (κ3) is 3.34. The molecule has 10 heteroatoms. The first kappa shape index (κ1) is 18.5. The maximum absolute atomic E-state index is 12.5. The molecule has 0 radical (unpaired) electrons. The van der Waals surface area contributed by atoms with E-state index in [0.29, 0.717) is 33.1 Å². The van der Waals surface area contributed by atoms with E-state index >= 15 is 0 Å². The van der Waals surface area contributed by atoms with Crippen LogP contribution in [-0.2, 0) is 4.79 Å². The van der Waals surface area contributed by atoms with Crippen LogP contribution in [-0.4, -0.2) is 45.5 Å². The van der Waals surface area contributed by atoms with Gasteiger partial charge in [0.2, 0.25) is 11.7 Å². The lowest BCUT2D eigenvalue weighted by Crippen LogP contribution is -2.15. The average Bonchev–Trinajstić information content (AvgIpc) is 3.26. The number of benzene rings is 2. The second kappa shape index (κ2) is 7.61. The van der Waals surface area contributed by atoms with Crippen LogP contribution in [0.2, 0.25) is 5.02 Å². The topological polar surface area (TPSA) is 93.5 Å². The van der Waals surface area contributed by atoms with Crippen molar-refractivity contribution in [1.82, 2.24) is 19.6 Å². The maximum atomic E-state index is 12.5. The van der Waals surface area contributed by atoms with Crippen molar-refractivity contribution in [2.75, 3.05) is 25.3 Å². The Balaban J connectivity index is 1.51. The molecular weight excluding hydrogens is 402 g/mol. The number of aromatic nitrogens is 4. The molecule has 2 aromatic carbocycles. The number of halogens is 1. The Labute approximate surface area is 169 Å².